The molecule has 0 unspecified atom stereocenters. The Bertz CT molecular complexity index is 1380. The van der Waals surface area contributed by atoms with Crippen LogP contribution in [-0.2, 0) is 17.6 Å². The van der Waals surface area contributed by atoms with Gasteiger partial charge in [0.05, 0.1) is 26.8 Å². The van der Waals surface area contributed by atoms with Crippen molar-refractivity contribution in [2.45, 2.75) is 12.8 Å². The number of thiocarbonyl (C=S) groups is 1. The molecule has 0 aliphatic carbocycles. The average Bonchev–Trinajstić information content (AvgIpc) is 3.11. The lowest BCUT2D eigenvalue weighted by atomic mass is 10.1. The highest BCUT2D eigenvalue weighted by Gasteiger charge is 2.36. The van der Waals surface area contributed by atoms with Crippen LogP contribution in [0.25, 0.3) is 6.08 Å². The van der Waals surface area contributed by atoms with Gasteiger partial charge >= 0.3 is 6.18 Å². The zero-order chi connectivity index (χ0) is 26.0. The van der Waals surface area contributed by atoms with Gasteiger partial charge in [-0.25, -0.2) is 4.39 Å². The van der Waals surface area contributed by atoms with Gasteiger partial charge in [0.25, 0.3) is 5.91 Å². The number of halogens is 5. The number of carbonyl (C=O) groups is 1. The predicted octanol–water partition coefficient (Wildman–Crippen LogP) is 7.44. The average molecular weight is 645 g/mol. The first-order valence-corrected chi connectivity index (χ1v) is 12.6. The van der Waals surface area contributed by atoms with E-state index in [1.54, 1.807) is 36.4 Å². The van der Waals surface area contributed by atoms with Crippen molar-refractivity contribution in [1.29, 1.82) is 0 Å². The molecule has 3 aromatic carbocycles. The van der Waals surface area contributed by atoms with E-state index < -0.39 is 17.6 Å². The van der Waals surface area contributed by atoms with Gasteiger partial charge in [0.1, 0.15) is 12.4 Å². The van der Waals surface area contributed by atoms with E-state index in [0.29, 0.717) is 26.2 Å². The number of ether oxygens (including phenoxy) is 2. The number of anilines is 1. The molecule has 0 spiro atoms. The molecular formula is C25H16F4INO3S2. The number of methoxy groups -OCH3 is 1. The molecule has 0 bridgehead atoms. The summed E-state index contributed by atoms with van der Waals surface area (Å²) in [6.45, 7) is -0.00592. The van der Waals surface area contributed by atoms with Crippen molar-refractivity contribution < 1.29 is 31.8 Å². The summed E-state index contributed by atoms with van der Waals surface area (Å²) in [4.78, 5) is 14.4. The third kappa shape index (κ3) is 5.68. The van der Waals surface area contributed by atoms with E-state index in [9.17, 15) is 22.4 Å². The molecule has 0 saturated carbocycles. The maximum Gasteiger partial charge on any atom is 0.416 e. The molecule has 11 heteroatoms. The van der Waals surface area contributed by atoms with Gasteiger partial charge in [-0.3, -0.25) is 9.69 Å². The highest BCUT2D eigenvalue weighted by Crippen LogP contribution is 2.40. The molecule has 0 N–H and O–H groups in total. The molecule has 1 amide bonds. The molecule has 1 aliphatic rings. The van der Waals surface area contributed by atoms with Crippen molar-refractivity contribution in [1.82, 2.24) is 0 Å². The van der Waals surface area contributed by atoms with Crippen LogP contribution in [0, 0.1) is 9.39 Å². The molecule has 1 aliphatic heterocycles. The lowest BCUT2D eigenvalue weighted by molar-refractivity contribution is -0.137. The molecule has 3 aromatic rings. The topological polar surface area (TPSA) is 38.8 Å². The third-order valence-electron chi connectivity index (χ3n) is 5.10. The second-order valence-electron chi connectivity index (χ2n) is 7.48. The number of rotatable bonds is 6. The number of carbonyl (C=O) groups excluding carboxylic acids is 1. The van der Waals surface area contributed by atoms with Gasteiger partial charge in [0.2, 0.25) is 0 Å². The Morgan fingerprint density at radius 3 is 2.56 bits per heavy atom. The van der Waals surface area contributed by atoms with E-state index in [1.165, 1.54) is 25.3 Å². The quantitative estimate of drug-likeness (QED) is 0.121. The summed E-state index contributed by atoms with van der Waals surface area (Å²) in [5, 5.41) is 0. The Morgan fingerprint density at radius 2 is 1.86 bits per heavy atom. The second kappa shape index (κ2) is 10.8. The summed E-state index contributed by atoms with van der Waals surface area (Å²) in [5.41, 5.74) is 0.153. The number of benzene rings is 3. The van der Waals surface area contributed by atoms with Crippen molar-refractivity contribution in [3.05, 3.63) is 91.6 Å². The van der Waals surface area contributed by atoms with Crippen LogP contribution in [0.5, 0.6) is 11.5 Å². The van der Waals surface area contributed by atoms with Crippen molar-refractivity contribution in [3.8, 4) is 11.5 Å². The zero-order valence-electron chi connectivity index (χ0n) is 18.4. The molecule has 4 nitrogen and oxygen atoms in total. The smallest absolute Gasteiger partial charge is 0.416 e. The van der Waals surface area contributed by atoms with Crippen molar-refractivity contribution >= 4 is 68.6 Å². The van der Waals surface area contributed by atoms with Crippen LogP contribution in [0.4, 0.5) is 23.2 Å². The molecule has 186 valence electrons. The van der Waals surface area contributed by atoms with Crippen molar-refractivity contribution in [2.24, 2.45) is 0 Å². The number of nitrogens with zero attached hydrogens (tertiary/aromatic N) is 1. The van der Waals surface area contributed by atoms with Gasteiger partial charge in [-0.05, 0) is 70.6 Å². The molecule has 0 atom stereocenters. The Labute approximate surface area is 227 Å². The first-order valence-electron chi connectivity index (χ1n) is 10.3. The van der Waals surface area contributed by atoms with Crippen LogP contribution in [0.1, 0.15) is 16.7 Å². The van der Waals surface area contributed by atoms with Gasteiger partial charge in [-0.2, -0.15) is 13.2 Å². The van der Waals surface area contributed by atoms with Crippen LogP contribution in [0.15, 0.2) is 65.6 Å². The largest absolute Gasteiger partial charge is 0.493 e. The van der Waals surface area contributed by atoms with Crippen LogP contribution in [-0.4, -0.2) is 17.3 Å². The Morgan fingerprint density at radius 1 is 1.11 bits per heavy atom. The van der Waals surface area contributed by atoms with Crippen LogP contribution >= 0.6 is 46.6 Å². The second-order valence-corrected chi connectivity index (χ2v) is 10.3. The maximum atomic E-state index is 13.9. The highest BCUT2D eigenvalue weighted by molar-refractivity contribution is 14.1. The van der Waals surface area contributed by atoms with E-state index in [1.807, 2.05) is 22.6 Å². The summed E-state index contributed by atoms with van der Waals surface area (Å²) in [7, 11) is 1.46. The van der Waals surface area contributed by atoms with Crippen molar-refractivity contribution in [3.63, 3.8) is 0 Å². The summed E-state index contributed by atoms with van der Waals surface area (Å²) in [5.74, 6) is -0.128. The molecule has 0 radical (unpaired) electrons. The fraction of sp³-hybridized carbons (Fsp3) is 0.120. The highest BCUT2D eigenvalue weighted by atomic mass is 127. The molecule has 1 saturated heterocycles. The van der Waals surface area contributed by atoms with Gasteiger partial charge in [0, 0.05) is 5.56 Å². The SMILES string of the molecule is COc1cc(/C=C2/SC(=S)N(c3cccc(C(F)(F)F)c3)C2=O)cc(I)c1OCc1ccccc1F. The molecule has 1 fully saturated rings. The minimum absolute atomic E-state index is 0.00592. The van der Waals surface area contributed by atoms with Gasteiger partial charge in [-0.15, -0.1) is 0 Å². The summed E-state index contributed by atoms with van der Waals surface area (Å²) in [6, 6.07) is 14.1. The Hall–Kier alpha value is -2.64. The molecule has 1 heterocycles. The first-order chi connectivity index (χ1) is 17.1. The Balaban J connectivity index is 1.59. The summed E-state index contributed by atoms with van der Waals surface area (Å²) < 4.78 is 65.4. The lowest BCUT2D eigenvalue weighted by Gasteiger charge is -2.16. The lowest BCUT2D eigenvalue weighted by Crippen LogP contribution is -2.27. The van der Waals surface area contributed by atoms with E-state index in [4.69, 9.17) is 21.7 Å². The molecule has 36 heavy (non-hydrogen) atoms. The summed E-state index contributed by atoms with van der Waals surface area (Å²) in [6.07, 6.45) is -2.96. The van der Waals surface area contributed by atoms with Gasteiger partial charge in [0.15, 0.2) is 15.8 Å². The van der Waals surface area contributed by atoms with E-state index >= 15 is 0 Å². The number of hydrogen-bond donors (Lipinski definition) is 0. The predicted molar refractivity (Wildman–Crippen MR) is 144 cm³/mol. The van der Waals surface area contributed by atoms with Gasteiger partial charge < -0.3 is 9.47 Å². The van der Waals surface area contributed by atoms with E-state index in [0.717, 1.165) is 28.8 Å². The molecule has 4 rings (SSSR count). The minimum Gasteiger partial charge on any atom is -0.493 e. The normalized spacial score (nSPS) is 15.1. The van der Waals surface area contributed by atoms with Crippen LogP contribution in [0.2, 0.25) is 0 Å². The molecule has 0 aromatic heterocycles. The van der Waals surface area contributed by atoms with Crippen LogP contribution in [0.3, 0.4) is 0 Å². The fourth-order valence-corrected chi connectivity index (χ4v) is 5.47. The van der Waals surface area contributed by atoms with E-state index in [2.05, 4.69) is 0 Å². The van der Waals surface area contributed by atoms with Crippen molar-refractivity contribution in [2.75, 3.05) is 12.0 Å². The number of amides is 1. The zero-order valence-corrected chi connectivity index (χ0v) is 22.2. The fourth-order valence-electron chi connectivity index (χ4n) is 3.39. The monoisotopic (exact) mass is 645 g/mol. The maximum absolute atomic E-state index is 13.9. The van der Waals surface area contributed by atoms with Crippen LogP contribution < -0.4 is 14.4 Å². The number of hydrogen-bond acceptors (Lipinski definition) is 5. The van der Waals surface area contributed by atoms with Gasteiger partial charge in [-0.1, -0.05) is 48.2 Å². The first kappa shape index (κ1) is 26.4. The third-order valence-corrected chi connectivity index (χ3v) is 7.21. The Kier molecular flexibility index (Phi) is 7.90. The summed E-state index contributed by atoms with van der Waals surface area (Å²) >= 11 is 8.32. The molecular weight excluding hydrogens is 629 g/mol. The number of thioether (sulfide) groups is 1. The number of alkyl halides is 3. The standard InChI is InChI=1S/C25H16F4INO3S2/c1-33-20-10-14(9-19(30)22(20)34-13-15-5-2-3-8-18(15)26)11-21-23(32)31(24(35)36-21)17-7-4-6-16(12-17)25(27,28)29/h2-12H,13H2,1H3/b21-11+. The minimum atomic E-state index is -4.55. The van der Waals surface area contributed by atoms with E-state index in [-0.39, 0.29) is 27.3 Å².